The Bertz CT molecular complexity index is 673. The van der Waals surface area contributed by atoms with E-state index >= 15 is 0 Å². The first-order valence-electron chi connectivity index (χ1n) is 7.21. The summed E-state index contributed by atoms with van der Waals surface area (Å²) in [5.74, 6) is 0.421. The molecule has 0 spiro atoms. The molecule has 0 saturated carbocycles. The maximum atomic E-state index is 12.7. The molecule has 1 aromatic carbocycles. The lowest BCUT2D eigenvalue weighted by Gasteiger charge is -2.34. The topological polar surface area (TPSA) is 66.7 Å². The second-order valence-corrected chi connectivity index (χ2v) is 5.23. The Kier molecular flexibility index (Phi) is 3.91. The van der Waals surface area contributed by atoms with E-state index in [1.807, 2.05) is 30.3 Å². The largest absolute Gasteiger partial charge is 0.355 e. The molecule has 6 nitrogen and oxygen atoms in total. The third kappa shape index (κ3) is 2.72. The van der Waals surface area contributed by atoms with E-state index < -0.39 is 0 Å². The van der Waals surface area contributed by atoms with Gasteiger partial charge in [0, 0.05) is 38.7 Å². The summed E-state index contributed by atoms with van der Waals surface area (Å²) < 4.78 is 5.26. The fourth-order valence-corrected chi connectivity index (χ4v) is 2.58. The molecule has 0 radical (unpaired) electrons. The maximum absolute atomic E-state index is 12.7. The van der Waals surface area contributed by atoms with Crippen LogP contribution in [-0.4, -0.2) is 52.9 Å². The van der Waals surface area contributed by atoms with E-state index in [9.17, 15) is 9.59 Å². The molecule has 1 aliphatic heterocycles. The average Bonchev–Trinajstić information content (AvgIpc) is 3.04. The molecule has 0 bridgehead atoms. The Morgan fingerprint density at radius 3 is 2.32 bits per heavy atom. The molecule has 3 rings (SSSR count). The van der Waals surface area contributed by atoms with Gasteiger partial charge in [-0.05, 0) is 0 Å². The molecule has 1 aliphatic rings. The highest BCUT2D eigenvalue weighted by Gasteiger charge is 2.27. The van der Waals surface area contributed by atoms with Crippen LogP contribution < -0.4 is 0 Å². The van der Waals surface area contributed by atoms with Crippen LogP contribution in [0.15, 0.2) is 41.1 Å². The standard InChI is InChI=1S/C16H17N3O3/c1-12(20)18-7-9-19(10-8-18)16(21)14-11-17-22-15(14)13-5-3-2-4-6-13/h2-6,11H,7-10H2,1H3. The summed E-state index contributed by atoms with van der Waals surface area (Å²) in [6, 6.07) is 9.44. The first kappa shape index (κ1) is 14.3. The smallest absolute Gasteiger partial charge is 0.259 e. The fourth-order valence-electron chi connectivity index (χ4n) is 2.58. The van der Waals surface area contributed by atoms with Gasteiger partial charge < -0.3 is 14.3 Å². The van der Waals surface area contributed by atoms with Crippen molar-refractivity contribution in [3.63, 3.8) is 0 Å². The molecule has 0 N–H and O–H groups in total. The molecule has 1 fully saturated rings. The van der Waals surface area contributed by atoms with E-state index in [-0.39, 0.29) is 11.8 Å². The summed E-state index contributed by atoms with van der Waals surface area (Å²) in [5, 5.41) is 3.77. The average molecular weight is 299 g/mol. The van der Waals surface area contributed by atoms with Crippen molar-refractivity contribution < 1.29 is 14.1 Å². The zero-order valence-electron chi connectivity index (χ0n) is 12.4. The number of piperazine rings is 1. The van der Waals surface area contributed by atoms with Crippen molar-refractivity contribution in [1.82, 2.24) is 15.0 Å². The van der Waals surface area contributed by atoms with Gasteiger partial charge >= 0.3 is 0 Å². The van der Waals surface area contributed by atoms with Gasteiger partial charge in [-0.15, -0.1) is 0 Å². The zero-order valence-corrected chi connectivity index (χ0v) is 12.4. The second kappa shape index (κ2) is 6.01. The van der Waals surface area contributed by atoms with Gasteiger partial charge in [-0.3, -0.25) is 9.59 Å². The Balaban J connectivity index is 1.77. The number of aromatic nitrogens is 1. The highest BCUT2D eigenvalue weighted by molar-refractivity contribution is 5.99. The van der Waals surface area contributed by atoms with Crippen LogP contribution in [0.1, 0.15) is 17.3 Å². The number of rotatable bonds is 2. The molecule has 22 heavy (non-hydrogen) atoms. The predicted molar refractivity (Wildman–Crippen MR) is 80.1 cm³/mol. The molecule has 2 aromatic rings. The van der Waals surface area contributed by atoms with Gasteiger partial charge in [-0.1, -0.05) is 35.5 Å². The van der Waals surface area contributed by atoms with Crippen LogP contribution in [0.4, 0.5) is 0 Å². The van der Waals surface area contributed by atoms with Crippen LogP contribution in [0.25, 0.3) is 11.3 Å². The Morgan fingerprint density at radius 2 is 1.68 bits per heavy atom. The first-order valence-corrected chi connectivity index (χ1v) is 7.21. The highest BCUT2D eigenvalue weighted by Crippen LogP contribution is 2.24. The summed E-state index contributed by atoms with van der Waals surface area (Å²) in [6.07, 6.45) is 1.46. The second-order valence-electron chi connectivity index (χ2n) is 5.23. The number of amides is 2. The molecular formula is C16H17N3O3. The molecule has 0 atom stereocenters. The molecule has 2 amide bonds. The monoisotopic (exact) mass is 299 g/mol. The number of hydrogen-bond donors (Lipinski definition) is 0. The summed E-state index contributed by atoms with van der Waals surface area (Å²) in [6.45, 7) is 3.72. The van der Waals surface area contributed by atoms with E-state index in [0.29, 0.717) is 37.5 Å². The predicted octanol–water partition coefficient (Wildman–Crippen LogP) is 1.65. The quantitative estimate of drug-likeness (QED) is 0.845. The van der Waals surface area contributed by atoms with Gasteiger partial charge in [0.1, 0.15) is 5.56 Å². The molecule has 2 heterocycles. The van der Waals surface area contributed by atoms with Gasteiger partial charge in [-0.2, -0.15) is 0 Å². The summed E-state index contributed by atoms with van der Waals surface area (Å²) in [7, 11) is 0. The van der Waals surface area contributed by atoms with Crippen molar-refractivity contribution in [2.24, 2.45) is 0 Å². The van der Waals surface area contributed by atoms with Crippen molar-refractivity contribution in [1.29, 1.82) is 0 Å². The van der Waals surface area contributed by atoms with E-state index in [0.717, 1.165) is 5.56 Å². The summed E-state index contributed by atoms with van der Waals surface area (Å²) in [5.41, 5.74) is 1.29. The van der Waals surface area contributed by atoms with Gasteiger partial charge in [-0.25, -0.2) is 0 Å². The fraction of sp³-hybridized carbons (Fsp3) is 0.312. The van der Waals surface area contributed by atoms with Crippen LogP contribution in [0, 0.1) is 0 Å². The lowest BCUT2D eigenvalue weighted by Crippen LogP contribution is -2.50. The van der Waals surface area contributed by atoms with Crippen molar-refractivity contribution in [2.75, 3.05) is 26.2 Å². The van der Waals surface area contributed by atoms with Crippen molar-refractivity contribution in [3.8, 4) is 11.3 Å². The number of carbonyl (C=O) groups excluding carboxylic acids is 2. The molecule has 114 valence electrons. The van der Waals surface area contributed by atoms with Crippen molar-refractivity contribution >= 4 is 11.8 Å². The molecule has 6 heteroatoms. The molecular weight excluding hydrogens is 282 g/mol. The first-order chi connectivity index (χ1) is 10.7. The molecule has 1 saturated heterocycles. The van der Waals surface area contributed by atoms with E-state index in [1.54, 1.807) is 16.7 Å². The minimum Gasteiger partial charge on any atom is -0.355 e. The van der Waals surface area contributed by atoms with Crippen LogP contribution in [-0.2, 0) is 4.79 Å². The lowest BCUT2D eigenvalue weighted by atomic mass is 10.1. The third-order valence-corrected chi connectivity index (χ3v) is 3.85. The van der Waals surface area contributed by atoms with Gasteiger partial charge in [0.15, 0.2) is 5.76 Å². The number of hydrogen-bond acceptors (Lipinski definition) is 4. The van der Waals surface area contributed by atoms with Crippen LogP contribution in [0.5, 0.6) is 0 Å². The minimum absolute atomic E-state index is 0.0436. The van der Waals surface area contributed by atoms with Crippen LogP contribution in [0.2, 0.25) is 0 Å². The molecule has 0 unspecified atom stereocenters. The number of nitrogens with zero attached hydrogens (tertiary/aromatic N) is 3. The number of benzene rings is 1. The van der Waals surface area contributed by atoms with Crippen LogP contribution >= 0.6 is 0 Å². The van der Waals surface area contributed by atoms with E-state index in [1.165, 1.54) is 6.20 Å². The highest BCUT2D eigenvalue weighted by atomic mass is 16.5. The Hall–Kier alpha value is -2.63. The maximum Gasteiger partial charge on any atom is 0.259 e. The van der Waals surface area contributed by atoms with Crippen LogP contribution in [0.3, 0.4) is 0 Å². The zero-order chi connectivity index (χ0) is 15.5. The summed E-state index contributed by atoms with van der Waals surface area (Å²) >= 11 is 0. The van der Waals surface area contributed by atoms with E-state index in [2.05, 4.69) is 5.16 Å². The Morgan fingerprint density at radius 1 is 1.05 bits per heavy atom. The van der Waals surface area contributed by atoms with Gasteiger partial charge in [0.25, 0.3) is 5.91 Å². The van der Waals surface area contributed by atoms with Gasteiger partial charge in [0.2, 0.25) is 5.91 Å². The summed E-state index contributed by atoms with van der Waals surface area (Å²) in [4.78, 5) is 27.5. The number of carbonyl (C=O) groups is 2. The molecule has 1 aromatic heterocycles. The lowest BCUT2D eigenvalue weighted by molar-refractivity contribution is -0.130. The van der Waals surface area contributed by atoms with Gasteiger partial charge in [0.05, 0.1) is 6.20 Å². The Labute approximate surface area is 128 Å². The van der Waals surface area contributed by atoms with Crippen molar-refractivity contribution in [2.45, 2.75) is 6.92 Å². The molecule has 0 aliphatic carbocycles. The SMILES string of the molecule is CC(=O)N1CCN(C(=O)c2cnoc2-c2ccccc2)CC1. The normalized spacial score (nSPS) is 15.0. The minimum atomic E-state index is -0.108. The third-order valence-electron chi connectivity index (χ3n) is 3.85. The van der Waals surface area contributed by atoms with E-state index in [4.69, 9.17) is 4.52 Å². The van der Waals surface area contributed by atoms with Crippen molar-refractivity contribution in [3.05, 3.63) is 42.1 Å².